The van der Waals surface area contributed by atoms with E-state index < -0.39 is 5.60 Å². The summed E-state index contributed by atoms with van der Waals surface area (Å²) in [7, 11) is 1.63. The molecule has 1 unspecified atom stereocenters. The van der Waals surface area contributed by atoms with Crippen LogP contribution in [-0.4, -0.2) is 17.2 Å². The van der Waals surface area contributed by atoms with Crippen molar-refractivity contribution < 1.29 is 9.84 Å². The Morgan fingerprint density at radius 1 is 1.05 bits per heavy atom. The smallest absolute Gasteiger partial charge is 0.118 e. The van der Waals surface area contributed by atoms with Gasteiger partial charge in [-0.2, -0.15) is 0 Å². The average molecular weight is 279 g/mol. The van der Waals surface area contributed by atoms with Gasteiger partial charge in [0.2, 0.25) is 0 Å². The zero-order chi connectivity index (χ0) is 14.9. The quantitative estimate of drug-likeness (QED) is 0.798. The molecular formula is C18H17NO2. The third-order valence-corrected chi connectivity index (χ3v) is 3.86. The van der Waals surface area contributed by atoms with Crippen molar-refractivity contribution in [3.05, 3.63) is 72.1 Å². The monoisotopic (exact) mass is 279 g/mol. The van der Waals surface area contributed by atoms with Crippen LogP contribution in [0.3, 0.4) is 0 Å². The van der Waals surface area contributed by atoms with E-state index in [1.165, 1.54) is 0 Å². The molecule has 0 aliphatic heterocycles. The summed E-state index contributed by atoms with van der Waals surface area (Å²) in [5.74, 6) is 0.772. The number of hydrogen-bond donors (Lipinski definition) is 1. The molecule has 0 spiro atoms. The number of pyridine rings is 1. The summed E-state index contributed by atoms with van der Waals surface area (Å²) >= 11 is 0. The molecule has 0 aliphatic carbocycles. The minimum atomic E-state index is -1.09. The zero-order valence-corrected chi connectivity index (χ0v) is 12.1. The van der Waals surface area contributed by atoms with Crippen LogP contribution in [0.5, 0.6) is 5.75 Å². The Bertz CT molecular complexity index is 758. The molecule has 3 aromatic rings. The molecule has 0 saturated carbocycles. The predicted molar refractivity (Wildman–Crippen MR) is 83.4 cm³/mol. The number of methoxy groups -OCH3 is 1. The van der Waals surface area contributed by atoms with Crippen LogP contribution >= 0.6 is 0 Å². The fourth-order valence-electron chi connectivity index (χ4n) is 2.61. The molecule has 0 saturated heterocycles. The standard InChI is InChI=1S/C18H17NO2/c1-18(20,14-6-8-15(21-2)9-7-14)17-5-3-4-13-10-11-19-12-16(13)17/h3-12,20H,1-2H3. The van der Waals surface area contributed by atoms with Crippen LogP contribution in [0.25, 0.3) is 10.8 Å². The first-order valence-electron chi connectivity index (χ1n) is 6.83. The molecule has 0 fully saturated rings. The maximum Gasteiger partial charge on any atom is 0.118 e. The Morgan fingerprint density at radius 3 is 2.52 bits per heavy atom. The topological polar surface area (TPSA) is 42.4 Å². The van der Waals surface area contributed by atoms with E-state index in [1.807, 2.05) is 48.5 Å². The molecule has 0 amide bonds. The maximum atomic E-state index is 11.1. The summed E-state index contributed by atoms with van der Waals surface area (Å²) in [6.07, 6.45) is 3.55. The third-order valence-electron chi connectivity index (χ3n) is 3.86. The van der Waals surface area contributed by atoms with E-state index in [4.69, 9.17) is 4.74 Å². The lowest BCUT2D eigenvalue weighted by Gasteiger charge is -2.26. The van der Waals surface area contributed by atoms with Crippen LogP contribution in [0.2, 0.25) is 0 Å². The highest BCUT2D eigenvalue weighted by Gasteiger charge is 2.27. The molecule has 1 atom stereocenters. The van der Waals surface area contributed by atoms with Crippen molar-refractivity contribution in [2.45, 2.75) is 12.5 Å². The lowest BCUT2D eigenvalue weighted by Crippen LogP contribution is -2.23. The van der Waals surface area contributed by atoms with Gasteiger partial charge in [0.1, 0.15) is 11.4 Å². The molecule has 0 bridgehead atoms. The van der Waals surface area contributed by atoms with Gasteiger partial charge in [0.25, 0.3) is 0 Å². The number of hydrogen-bond acceptors (Lipinski definition) is 3. The predicted octanol–water partition coefficient (Wildman–Crippen LogP) is 3.50. The van der Waals surface area contributed by atoms with Crippen LogP contribution < -0.4 is 4.74 Å². The second-order valence-corrected chi connectivity index (χ2v) is 5.20. The molecule has 0 radical (unpaired) electrons. The summed E-state index contributed by atoms with van der Waals surface area (Å²) in [5.41, 5.74) is 0.576. The van der Waals surface area contributed by atoms with Gasteiger partial charge in [0.05, 0.1) is 7.11 Å². The van der Waals surface area contributed by atoms with Gasteiger partial charge < -0.3 is 9.84 Å². The molecule has 2 aromatic carbocycles. The van der Waals surface area contributed by atoms with Gasteiger partial charge >= 0.3 is 0 Å². The van der Waals surface area contributed by atoms with Crippen molar-refractivity contribution in [1.29, 1.82) is 0 Å². The number of rotatable bonds is 3. The zero-order valence-electron chi connectivity index (χ0n) is 12.1. The summed E-state index contributed by atoms with van der Waals surface area (Å²) in [4.78, 5) is 4.18. The van der Waals surface area contributed by atoms with Gasteiger partial charge in [-0.15, -0.1) is 0 Å². The summed E-state index contributed by atoms with van der Waals surface area (Å²) in [6.45, 7) is 1.80. The normalized spacial score (nSPS) is 13.9. The Kier molecular flexibility index (Phi) is 3.35. The van der Waals surface area contributed by atoms with Crippen LogP contribution in [0, 0.1) is 0 Å². The van der Waals surface area contributed by atoms with E-state index in [0.29, 0.717) is 0 Å². The number of benzene rings is 2. The van der Waals surface area contributed by atoms with Gasteiger partial charge in [-0.25, -0.2) is 0 Å². The van der Waals surface area contributed by atoms with E-state index in [9.17, 15) is 5.11 Å². The molecule has 3 rings (SSSR count). The molecule has 3 heteroatoms. The molecule has 0 aliphatic rings. The van der Waals surface area contributed by atoms with Crippen molar-refractivity contribution in [3.63, 3.8) is 0 Å². The van der Waals surface area contributed by atoms with Gasteiger partial charge in [-0.1, -0.05) is 30.3 Å². The van der Waals surface area contributed by atoms with Gasteiger partial charge in [0.15, 0.2) is 0 Å². The number of aliphatic hydroxyl groups is 1. The third kappa shape index (κ3) is 2.36. The van der Waals surface area contributed by atoms with E-state index in [-0.39, 0.29) is 0 Å². The fourth-order valence-corrected chi connectivity index (χ4v) is 2.61. The van der Waals surface area contributed by atoms with E-state index >= 15 is 0 Å². The Morgan fingerprint density at radius 2 is 1.81 bits per heavy atom. The van der Waals surface area contributed by atoms with E-state index in [0.717, 1.165) is 27.6 Å². The van der Waals surface area contributed by atoms with Crippen molar-refractivity contribution in [2.24, 2.45) is 0 Å². The highest BCUT2D eigenvalue weighted by molar-refractivity contribution is 5.86. The van der Waals surface area contributed by atoms with Gasteiger partial charge in [-0.3, -0.25) is 4.98 Å². The molecule has 106 valence electrons. The van der Waals surface area contributed by atoms with Crippen molar-refractivity contribution in [1.82, 2.24) is 4.98 Å². The number of fused-ring (bicyclic) bond motifs is 1. The van der Waals surface area contributed by atoms with Crippen molar-refractivity contribution in [2.75, 3.05) is 7.11 Å². The minimum Gasteiger partial charge on any atom is -0.497 e. The fraction of sp³-hybridized carbons (Fsp3) is 0.167. The molecule has 3 nitrogen and oxygen atoms in total. The van der Waals surface area contributed by atoms with Gasteiger partial charge in [-0.05, 0) is 41.6 Å². The maximum absolute atomic E-state index is 11.1. The second kappa shape index (κ2) is 5.19. The lowest BCUT2D eigenvalue weighted by atomic mass is 9.85. The van der Waals surface area contributed by atoms with Crippen LogP contribution in [0.15, 0.2) is 60.9 Å². The van der Waals surface area contributed by atoms with Crippen LogP contribution in [0.1, 0.15) is 18.1 Å². The molecule has 1 N–H and O–H groups in total. The highest BCUT2D eigenvalue weighted by atomic mass is 16.5. The van der Waals surface area contributed by atoms with Crippen molar-refractivity contribution in [3.8, 4) is 5.75 Å². The van der Waals surface area contributed by atoms with E-state index in [1.54, 1.807) is 26.4 Å². The Labute approximate surface area is 123 Å². The minimum absolute atomic E-state index is 0.772. The Hall–Kier alpha value is -2.39. The average Bonchev–Trinajstić information content (AvgIpc) is 2.54. The number of nitrogens with zero attached hydrogens (tertiary/aromatic N) is 1. The van der Waals surface area contributed by atoms with Crippen LogP contribution in [0.4, 0.5) is 0 Å². The molecular weight excluding hydrogens is 262 g/mol. The lowest BCUT2D eigenvalue weighted by molar-refractivity contribution is 0.104. The van der Waals surface area contributed by atoms with E-state index in [2.05, 4.69) is 4.98 Å². The SMILES string of the molecule is COc1ccc(C(C)(O)c2cccc3ccncc23)cc1. The van der Waals surface area contributed by atoms with Gasteiger partial charge in [0, 0.05) is 17.8 Å². The Balaban J connectivity index is 2.14. The van der Waals surface area contributed by atoms with Crippen LogP contribution in [-0.2, 0) is 5.60 Å². The summed E-state index contributed by atoms with van der Waals surface area (Å²) in [5, 5.41) is 13.1. The summed E-state index contributed by atoms with van der Waals surface area (Å²) in [6, 6.07) is 15.3. The highest BCUT2D eigenvalue weighted by Crippen LogP contribution is 2.34. The molecule has 1 heterocycles. The molecule has 1 aromatic heterocycles. The molecule has 21 heavy (non-hydrogen) atoms. The first-order chi connectivity index (χ1) is 10.1. The summed E-state index contributed by atoms with van der Waals surface area (Å²) < 4.78 is 5.17. The number of aromatic nitrogens is 1. The second-order valence-electron chi connectivity index (χ2n) is 5.20. The first-order valence-corrected chi connectivity index (χ1v) is 6.83. The number of ether oxygens (including phenoxy) is 1. The first kappa shape index (κ1) is 13.6. The van der Waals surface area contributed by atoms with Crippen molar-refractivity contribution >= 4 is 10.8 Å². The largest absolute Gasteiger partial charge is 0.497 e.